The van der Waals surface area contributed by atoms with Gasteiger partial charge in [0.2, 0.25) is 5.78 Å². The van der Waals surface area contributed by atoms with Crippen LogP contribution in [0.15, 0.2) is 12.2 Å². The van der Waals surface area contributed by atoms with Crippen molar-refractivity contribution in [1.82, 2.24) is 0 Å². The number of Topliss-reactive ketones (excluding diaryl/α,β-unsaturated/α-hetero) is 1. The second kappa shape index (κ2) is 6.21. The van der Waals surface area contributed by atoms with Crippen molar-refractivity contribution < 1.29 is 27.5 Å². The number of ketones is 1. The SMILES string of the molecule is C/C=C/COC(=O)CCC(=O)C(F)(F)F. The van der Waals surface area contributed by atoms with E-state index in [9.17, 15) is 22.8 Å². The quantitative estimate of drug-likeness (QED) is 0.530. The molecule has 0 amide bonds. The molecule has 0 N–H and O–H groups in total. The molecule has 0 aliphatic carbocycles. The zero-order valence-electron chi connectivity index (χ0n) is 8.13. The molecule has 86 valence electrons. The third-order valence-electron chi connectivity index (χ3n) is 1.45. The second-order valence-corrected chi connectivity index (χ2v) is 2.67. The molecule has 0 atom stereocenters. The van der Waals surface area contributed by atoms with E-state index in [1.165, 1.54) is 6.08 Å². The zero-order chi connectivity index (χ0) is 11.9. The van der Waals surface area contributed by atoms with Gasteiger partial charge < -0.3 is 4.74 Å². The molecule has 0 rings (SSSR count). The van der Waals surface area contributed by atoms with Crippen molar-refractivity contribution in [3.63, 3.8) is 0 Å². The maximum absolute atomic E-state index is 11.7. The molecule has 15 heavy (non-hydrogen) atoms. The van der Waals surface area contributed by atoms with Crippen molar-refractivity contribution in [2.75, 3.05) is 6.61 Å². The number of carbonyl (C=O) groups excluding carboxylic acids is 2. The van der Waals surface area contributed by atoms with Gasteiger partial charge in [-0.1, -0.05) is 12.2 Å². The van der Waals surface area contributed by atoms with Crippen molar-refractivity contribution in [2.45, 2.75) is 25.9 Å². The van der Waals surface area contributed by atoms with Crippen LogP contribution in [0.1, 0.15) is 19.8 Å². The second-order valence-electron chi connectivity index (χ2n) is 2.67. The van der Waals surface area contributed by atoms with Gasteiger partial charge in [-0.25, -0.2) is 0 Å². The Bertz CT molecular complexity index is 256. The van der Waals surface area contributed by atoms with E-state index in [1.54, 1.807) is 13.0 Å². The summed E-state index contributed by atoms with van der Waals surface area (Å²) < 4.78 is 39.6. The van der Waals surface area contributed by atoms with Gasteiger partial charge in [-0.05, 0) is 6.92 Å². The van der Waals surface area contributed by atoms with Crippen LogP contribution in [0.5, 0.6) is 0 Å². The van der Waals surface area contributed by atoms with Crippen LogP contribution < -0.4 is 0 Å². The number of hydrogen-bond acceptors (Lipinski definition) is 3. The summed E-state index contributed by atoms with van der Waals surface area (Å²) in [5.41, 5.74) is 0. The average Bonchev–Trinajstić information content (AvgIpc) is 2.13. The molecule has 0 aromatic rings. The maximum Gasteiger partial charge on any atom is 0.449 e. The van der Waals surface area contributed by atoms with Crippen molar-refractivity contribution in [1.29, 1.82) is 0 Å². The third kappa shape index (κ3) is 6.70. The van der Waals surface area contributed by atoms with Crippen LogP contribution in [0, 0.1) is 0 Å². The first-order valence-electron chi connectivity index (χ1n) is 4.24. The molecule has 0 spiro atoms. The lowest BCUT2D eigenvalue weighted by Crippen LogP contribution is -2.23. The lowest BCUT2D eigenvalue weighted by atomic mass is 10.2. The number of carbonyl (C=O) groups is 2. The summed E-state index contributed by atoms with van der Waals surface area (Å²) in [6.45, 7) is 1.72. The van der Waals surface area contributed by atoms with E-state index in [-0.39, 0.29) is 6.61 Å². The van der Waals surface area contributed by atoms with Crippen LogP contribution in [-0.4, -0.2) is 24.5 Å². The third-order valence-corrected chi connectivity index (χ3v) is 1.45. The van der Waals surface area contributed by atoms with Gasteiger partial charge in [0.15, 0.2) is 0 Å². The zero-order valence-corrected chi connectivity index (χ0v) is 8.13. The van der Waals surface area contributed by atoms with Crippen LogP contribution in [0.25, 0.3) is 0 Å². The van der Waals surface area contributed by atoms with Crippen molar-refractivity contribution in [2.24, 2.45) is 0 Å². The van der Waals surface area contributed by atoms with Crippen molar-refractivity contribution in [3.05, 3.63) is 12.2 Å². The molecule has 0 heterocycles. The predicted octanol–water partition coefficient (Wildman–Crippen LogP) is 2.02. The van der Waals surface area contributed by atoms with Gasteiger partial charge >= 0.3 is 12.1 Å². The number of alkyl halides is 3. The smallest absolute Gasteiger partial charge is 0.449 e. The Morgan fingerprint density at radius 2 is 1.87 bits per heavy atom. The van der Waals surface area contributed by atoms with Crippen molar-refractivity contribution >= 4 is 11.8 Å². The number of rotatable bonds is 5. The van der Waals surface area contributed by atoms with E-state index in [0.717, 1.165) is 0 Å². The summed E-state index contributed by atoms with van der Waals surface area (Å²) in [5, 5.41) is 0. The Morgan fingerprint density at radius 3 is 2.33 bits per heavy atom. The van der Waals surface area contributed by atoms with E-state index in [0.29, 0.717) is 0 Å². The van der Waals surface area contributed by atoms with Gasteiger partial charge in [-0.15, -0.1) is 0 Å². The largest absolute Gasteiger partial charge is 0.461 e. The van der Waals surface area contributed by atoms with Gasteiger partial charge in [-0.2, -0.15) is 13.2 Å². The highest BCUT2D eigenvalue weighted by molar-refractivity contribution is 5.87. The minimum atomic E-state index is -4.87. The summed E-state index contributed by atoms with van der Waals surface area (Å²) in [7, 11) is 0. The summed E-state index contributed by atoms with van der Waals surface area (Å²) in [6, 6.07) is 0. The van der Waals surface area contributed by atoms with Crippen LogP contribution in [0.2, 0.25) is 0 Å². The molecule has 0 aromatic heterocycles. The average molecular weight is 224 g/mol. The Hall–Kier alpha value is -1.33. The number of esters is 1. The Morgan fingerprint density at radius 1 is 1.27 bits per heavy atom. The maximum atomic E-state index is 11.7. The molecular formula is C9H11F3O3. The van der Waals surface area contributed by atoms with Gasteiger partial charge in [0.1, 0.15) is 6.61 Å². The molecule has 6 heteroatoms. The molecule has 0 radical (unpaired) electrons. The fourth-order valence-corrected chi connectivity index (χ4v) is 0.667. The van der Waals surface area contributed by atoms with Gasteiger partial charge in [-0.3, -0.25) is 9.59 Å². The summed E-state index contributed by atoms with van der Waals surface area (Å²) >= 11 is 0. The number of ether oxygens (including phenoxy) is 1. The lowest BCUT2D eigenvalue weighted by Gasteiger charge is -2.04. The molecule has 0 fully saturated rings. The predicted molar refractivity (Wildman–Crippen MR) is 46.1 cm³/mol. The molecule has 0 unspecified atom stereocenters. The minimum Gasteiger partial charge on any atom is -0.461 e. The number of allylic oxidation sites excluding steroid dienone is 1. The van der Waals surface area contributed by atoms with E-state index in [4.69, 9.17) is 0 Å². The Labute approximate surface area is 84.9 Å². The topological polar surface area (TPSA) is 43.4 Å². The van der Waals surface area contributed by atoms with E-state index < -0.39 is 30.8 Å². The highest BCUT2D eigenvalue weighted by Gasteiger charge is 2.37. The molecular weight excluding hydrogens is 213 g/mol. The first-order valence-corrected chi connectivity index (χ1v) is 4.24. The molecule has 0 saturated carbocycles. The molecule has 3 nitrogen and oxygen atoms in total. The fraction of sp³-hybridized carbons (Fsp3) is 0.556. The van der Waals surface area contributed by atoms with Gasteiger partial charge in [0.25, 0.3) is 0 Å². The van der Waals surface area contributed by atoms with Crippen LogP contribution in [0.3, 0.4) is 0 Å². The van der Waals surface area contributed by atoms with Crippen LogP contribution >= 0.6 is 0 Å². The molecule has 0 bridgehead atoms. The Balaban J connectivity index is 3.77. The first kappa shape index (κ1) is 13.7. The Kier molecular flexibility index (Phi) is 5.66. The van der Waals surface area contributed by atoms with Gasteiger partial charge in [0.05, 0.1) is 6.42 Å². The minimum absolute atomic E-state index is 0.00947. The van der Waals surface area contributed by atoms with Crippen LogP contribution in [0.4, 0.5) is 13.2 Å². The molecule has 0 aromatic carbocycles. The lowest BCUT2D eigenvalue weighted by molar-refractivity contribution is -0.172. The summed E-state index contributed by atoms with van der Waals surface area (Å²) in [5.74, 6) is -2.73. The number of hydrogen-bond donors (Lipinski definition) is 0. The normalized spacial score (nSPS) is 11.7. The monoisotopic (exact) mass is 224 g/mol. The summed E-state index contributed by atoms with van der Waals surface area (Å²) in [4.78, 5) is 21.1. The highest BCUT2D eigenvalue weighted by Crippen LogP contribution is 2.18. The first-order chi connectivity index (χ1) is 6.88. The van der Waals surface area contributed by atoms with E-state index in [1.807, 2.05) is 0 Å². The van der Waals surface area contributed by atoms with Gasteiger partial charge in [0, 0.05) is 6.42 Å². The van der Waals surface area contributed by atoms with E-state index in [2.05, 4.69) is 4.74 Å². The molecule has 0 aliphatic heterocycles. The van der Waals surface area contributed by atoms with Crippen molar-refractivity contribution in [3.8, 4) is 0 Å². The molecule has 0 saturated heterocycles. The standard InChI is InChI=1S/C9H11F3O3/c1-2-3-6-15-8(14)5-4-7(13)9(10,11)12/h2-3H,4-6H2,1H3/b3-2+. The van der Waals surface area contributed by atoms with Crippen LogP contribution in [-0.2, 0) is 14.3 Å². The molecule has 0 aliphatic rings. The van der Waals surface area contributed by atoms with E-state index >= 15 is 0 Å². The fourth-order valence-electron chi connectivity index (χ4n) is 0.667. The summed E-state index contributed by atoms with van der Waals surface area (Å²) in [6.07, 6.45) is -3.12. The number of halogens is 3. The highest BCUT2D eigenvalue weighted by atomic mass is 19.4.